The highest BCUT2D eigenvalue weighted by Crippen LogP contribution is 2.29. The van der Waals surface area contributed by atoms with Gasteiger partial charge in [0.2, 0.25) is 11.8 Å². The Labute approximate surface area is 109 Å². The Hall–Kier alpha value is -1.10. The van der Waals surface area contributed by atoms with Gasteiger partial charge in [0, 0.05) is 26.4 Å². The van der Waals surface area contributed by atoms with Crippen LogP contribution in [0.4, 0.5) is 0 Å². The largest absolute Gasteiger partial charge is 0.359 e. The zero-order chi connectivity index (χ0) is 13.4. The molecular weight excluding hydrogens is 230 g/mol. The number of carbonyl (C=O) groups is 2. The van der Waals surface area contributed by atoms with E-state index in [1.165, 1.54) is 0 Å². The molecule has 0 aliphatic heterocycles. The average molecular weight is 255 g/mol. The smallest absolute Gasteiger partial charge is 0.221 e. The van der Waals surface area contributed by atoms with E-state index in [0.29, 0.717) is 31.2 Å². The molecule has 1 fully saturated rings. The third kappa shape index (κ3) is 5.49. The lowest BCUT2D eigenvalue weighted by atomic mass is 9.80. The van der Waals surface area contributed by atoms with Gasteiger partial charge in [-0.25, -0.2) is 0 Å². The number of rotatable bonds is 6. The molecule has 0 aromatic rings. The highest BCUT2D eigenvalue weighted by molar-refractivity contribution is 5.78. The molecule has 5 heteroatoms. The van der Waals surface area contributed by atoms with Gasteiger partial charge in [-0.2, -0.15) is 0 Å². The van der Waals surface area contributed by atoms with Crippen LogP contribution in [-0.2, 0) is 9.59 Å². The Morgan fingerprint density at radius 3 is 2.28 bits per heavy atom. The third-order valence-corrected chi connectivity index (χ3v) is 3.73. The summed E-state index contributed by atoms with van der Waals surface area (Å²) < 4.78 is 0. The minimum atomic E-state index is -0.0428. The summed E-state index contributed by atoms with van der Waals surface area (Å²) in [5.74, 6) is 1.17. The Morgan fingerprint density at radius 2 is 1.72 bits per heavy atom. The zero-order valence-corrected chi connectivity index (χ0v) is 11.2. The summed E-state index contributed by atoms with van der Waals surface area (Å²) in [6.45, 7) is 1.20. The first-order valence-electron chi connectivity index (χ1n) is 6.83. The molecule has 1 rings (SSSR count). The molecule has 104 valence electrons. The van der Waals surface area contributed by atoms with Gasteiger partial charge in [0.25, 0.3) is 0 Å². The minimum absolute atomic E-state index is 0.0428. The van der Waals surface area contributed by atoms with Crippen LogP contribution in [0.2, 0.25) is 0 Å². The Kier molecular flexibility index (Phi) is 6.72. The second-order valence-corrected chi connectivity index (χ2v) is 5.10. The van der Waals surface area contributed by atoms with Gasteiger partial charge in [0.05, 0.1) is 0 Å². The summed E-state index contributed by atoms with van der Waals surface area (Å²) in [7, 11) is 1.60. The van der Waals surface area contributed by atoms with Crippen LogP contribution in [0.15, 0.2) is 0 Å². The molecule has 0 unspecified atom stereocenters. The molecule has 0 radical (unpaired) electrons. The van der Waals surface area contributed by atoms with E-state index in [0.717, 1.165) is 32.2 Å². The van der Waals surface area contributed by atoms with Crippen LogP contribution >= 0.6 is 0 Å². The standard InChI is InChI=1S/C13H25N3O2/c1-15-12(17)6-7-16-13(18)8-10-2-4-11(9-14)5-3-10/h10-11H,2-9,14H2,1H3,(H,15,17)(H,16,18). The molecule has 1 aliphatic rings. The van der Waals surface area contributed by atoms with Crippen LogP contribution in [0, 0.1) is 11.8 Å². The molecule has 0 saturated heterocycles. The molecular formula is C13H25N3O2. The van der Waals surface area contributed by atoms with E-state index in [2.05, 4.69) is 10.6 Å². The van der Waals surface area contributed by atoms with Gasteiger partial charge >= 0.3 is 0 Å². The topological polar surface area (TPSA) is 84.2 Å². The predicted molar refractivity (Wildman–Crippen MR) is 70.8 cm³/mol. The first kappa shape index (κ1) is 15.0. The van der Waals surface area contributed by atoms with Crippen LogP contribution in [0.3, 0.4) is 0 Å². The molecule has 2 amide bonds. The van der Waals surface area contributed by atoms with Gasteiger partial charge in [-0.05, 0) is 44.1 Å². The van der Waals surface area contributed by atoms with E-state index in [-0.39, 0.29) is 11.8 Å². The maximum absolute atomic E-state index is 11.7. The number of amides is 2. The van der Waals surface area contributed by atoms with E-state index in [9.17, 15) is 9.59 Å². The quantitative estimate of drug-likeness (QED) is 0.642. The van der Waals surface area contributed by atoms with Gasteiger partial charge in [0.1, 0.15) is 0 Å². The Morgan fingerprint density at radius 1 is 1.11 bits per heavy atom. The van der Waals surface area contributed by atoms with Crippen molar-refractivity contribution in [3.63, 3.8) is 0 Å². The van der Waals surface area contributed by atoms with Crippen molar-refractivity contribution in [1.29, 1.82) is 0 Å². The summed E-state index contributed by atoms with van der Waals surface area (Å²) in [5, 5.41) is 5.33. The van der Waals surface area contributed by atoms with Crippen molar-refractivity contribution in [3.8, 4) is 0 Å². The van der Waals surface area contributed by atoms with E-state index < -0.39 is 0 Å². The lowest BCUT2D eigenvalue weighted by Crippen LogP contribution is -2.31. The molecule has 0 spiro atoms. The fourth-order valence-corrected chi connectivity index (χ4v) is 2.45. The summed E-state index contributed by atoms with van der Waals surface area (Å²) in [6, 6.07) is 0. The van der Waals surface area contributed by atoms with Crippen molar-refractivity contribution in [2.45, 2.75) is 38.5 Å². The molecule has 0 aromatic heterocycles. The third-order valence-electron chi connectivity index (χ3n) is 3.73. The van der Waals surface area contributed by atoms with E-state index >= 15 is 0 Å². The highest BCUT2D eigenvalue weighted by Gasteiger charge is 2.22. The molecule has 1 saturated carbocycles. The molecule has 5 nitrogen and oxygen atoms in total. The fraction of sp³-hybridized carbons (Fsp3) is 0.846. The first-order chi connectivity index (χ1) is 8.65. The lowest BCUT2D eigenvalue weighted by molar-refractivity contribution is -0.123. The van der Waals surface area contributed by atoms with E-state index in [1.807, 2.05) is 0 Å². The van der Waals surface area contributed by atoms with Crippen LogP contribution in [-0.4, -0.2) is 32.0 Å². The van der Waals surface area contributed by atoms with Crippen LogP contribution in [0.5, 0.6) is 0 Å². The van der Waals surface area contributed by atoms with Crippen molar-refractivity contribution < 1.29 is 9.59 Å². The van der Waals surface area contributed by atoms with E-state index in [1.54, 1.807) is 7.05 Å². The van der Waals surface area contributed by atoms with Crippen molar-refractivity contribution >= 4 is 11.8 Å². The highest BCUT2D eigenvalue weighted by atomic mass is 16.2. The van der Waals surface area contributed by atoms with Gasteiger partial charge < -0.3 is 16.4 Å². The first-order valence-corrected chi connectivity index (χ1v) is 6.83. The summed E-state index contributed by atoms with van der Waals surface area (Å²) in [5.41, 5.74) is 5.64. The summed E-state index contributed by atoms with van der Waals surface area (Å²) >= 11 is 0. The van der Waals surface area contributed by atoms with Crippen molar-refractivity contribution in [1.82, 2.24) is 10.6 Å². The summed E-state index contributed by atoms with van der Waals surface area (Å²) in [6.07, 6.45) is 5.43. The van der Waals surface area contributed by atoms with Crippen molar-refractivity contribution in [2.75, 3.05) is 20.1 Å². The Balaban J connectivity index is 2.11. The zero-order valence-electron chi connectivity index (χ0n) is 11.2. The van der Waals surface area contributed by atoms with Crippen LogP contribution < -0.4 is 16.4 Å². The molecule has 0 aromatic carbocycles. The second-order valence-electron chi connectivity index (χ2n) is 5.10. The molecule has 1 aliphatic carbocycles. The molecule has 0 heterocycles. The van der Waals surface area contributed by atoms with Gasteiger partial charge in [-0.3, -0.25) is 9.59 Å². The number of hydrogen-bond donors (Lipinski definition) is 3. The average Bonchev–Trinajstić information content (AvgIpc) is 2.39. The summed E-state index contributed by atoms with van der Waals surface area (Å²) in [4.78, 5) is 22.6. The minimum Gasteiger partial charge on any atom is -0.359 e. The fourth-order valence-electron chi connectivity index (χ4n) is 2.45. The number of nitrogens with one attached hydrogen (secondary N) is 2. The Bertz CT molecular complexity index is 273. The van der Waals surface area contributed by atoms with Gasteiger partial charge in [-0.15, -0.1) is 0 Å². The maximum atomic E-state index is 11.7. The van der Waals surface area contributed by atoms with E-state index in [4.69, 9.17) is 5.73 Å². The molecule has 0 atom stereocenters. The van der Waals surface area contributed by atoms with Crippen molar-refractivity contribution in [3.05, 3.63) is 0 Å². The van der Waals surface area contributed by atoms with Gasteiger partial charge in [0.15, 0.2) is 0 Å². The van der Waals surface area contributed by atoms with Crippen LogP contribution in [0.1, 0.15) is 38.5 Å². The maximum Gasteiger partial charge on any atom is 0.221 e. The predicted octanol–water partition coefficient (Wildman–Crippen LogP) is 0.394. The monoisotopic (exact) mass is 255 g/mol. The number of nitrogens with two attached hydrogens (primary N) is 1. The van der Waals surface area contributed by atoms with Crippen LogP contribution in [0.25, 0.3) is 0 Å². The molecule has 4 N–H and O–H groups in total. The SMILES string of the molecule is CNC(=O)CCNC(=O)CC1CCC(CN)CC1. The normalized spacial score (nSPS) is 23.4. The second kappa shape index (κ2) is 8.08. The number of hydrogen-bond acceptors (Lipinski definition) is 3. The van der Waals surface area contributed by atoms with Crippen molar-refractivity contribution in [2.24, 2.45) is 17.6 Å². The molecule has 0 bridgehead atoms. The molecule has 18 heavy (non-hydrogen) atoms. The lowest BCUT2D eigenvalue weighted by Gasteiger charge is -2.27. The number of carbonyl (C=O) groups excluding carboxylic acids is 2. The van der Waals surface area contributed by atoms with Gasteiger partial charge in [-0.1, -0.05) is 0 Å².